The molecule has 3 rings (SSSR count). The Morgan fingerprint density at radius 2 is 2.21 bits per heavy atom. The van der Waals surface area contributed by atoms with Crippen LogP contribution in [0.5, 0.6) is 5.75 Å². The lowest BCUT2D eigenvalue weighted by Crippen LogP contribution is -2.46. The zero-order valence-electron chi connectivity index (χ0n) is 17.4. The highest BCUT2D eigenvalue weighted by Gasteiger charge is 2.29. The molecule has 0 spiro atoms. The first-order valence-corrected chi connectivity index (χ1v) is 9.94. The third-order valence-electron chi connectivity index (χ3n) is 5.30. The summed E-state index contributed by atoms with van der Waals surface area (Å²) in [6.07, 6.45) is 3.79. The molecular weight excluding hydrogens is 372 g/mol. The summed E-state index contributed by atoms with van der Waals surface area (Å²) in [6, 6.07) is 3.35. The summed E-state index contributed by atoms with van der Waals surface area (Å²) >= 11 is 0. The molecule has 2 aromatic rings. The molecule has 8 heteroatoms. The Bertz CT molecular complexity index is 860. The molecule has 2 amide bonds. The summed E-state index contributed by atoms with van der Waals surface area (Å²) < 4.78 is 11.3. The number of amides is 2. The van der Waals surface area contributed by atoms with Gasteiger partial charge in [-0.3, -0.25) is 14.6 Å². The molecule has 0 radical (unpaired) electrons. The number of nitrogens with zero attached hydrogens (tertiary/aromatic N) is 3. The van der Waals surface area contributed by atoms with Crippen molar-refractivity contribution in [3.63, 3.8) is 0 Å². The average molecular weight is 400 g/mol. The van der Waals surface area contributed by atoms with Crippen LogP contribution in [0.15, 0.2) is 22.9 Å². The van der Waals surface area contributed by atoms with Crippen LogP contribution in [0, 0.1) is 19.8 Å². The third kappa shape index (κ3) is 4.93. The molecule has 1 aliphatic rings. The molecule has 2 atom stereocenters. The first-order valence-electron chi connectivity index (χ1n) is 9.94. The fourth-order valence-electron chi connectivity index (χ4n) is 3.66. The van der Waals surface area contributed by atoms with Gasteiger partial charge in [-0.1, -0.05) is 12.1 Å². The van der Waals surface area contributed by atoms with Gasteiger partial charge in [-0.15, -0.1) is 0 Å². The summed E-state index contributed by atoms with van der Waals surface area (Å²) in [5.74, 6) is 1.04. The minimum atomic E-state index is -0.260. The van der Waals surface area contributed by atoms with Crippen molar-refractivity contribution in [2.75, 3.05) is 20.1 Å². The lowest BCUT2D eigenvalue weighted by molar-refractivity contribution is -0.137. The molecule has 3 heterocycles. The Labute approximate surface area is 170 Å². The molecular formula is C21H28N4O4. The van der Waals surface area contributed by atoms with Crippen LogP contribution >= 0.6 is 0 Å². The zero-order valence-corrected chi connectivity index (χ0v) is 17.4. The van der Waals surface area contributed by atoms with Crippen molar-refractivity contribution in [1.82, 2.24) is 20.4 Å². The monoisotopic (exact) mass is 400 g/mol. The van der Waals surface area contributed by atoms with Gasteiger partial charge in [-0.05, 0) is 39.2 Å². The van der Waals surface area contributed by atoms with E-state index in [0.717, 1.165) is 36.4 Å². The van der Waals surface area contributed by atoms with Gasteiger partial charge in [0.2, 0.25) is 5.91 Å². The van der Waals surface area contributed by atoms with Gasteiger partial charge in [0.15, 0.2) is 0 Å². The second-order valence-electron chi connectivity index (χ2n) is 7.53. The SMILES string of the molecule is CNC(=O)c1cc(O[C@@H]2CCCN(C(=O)[C@H](C)Cc3c(C)noc3C)C2)ccn1. The Kier molecular flexibility index (Phi) is 6.51. The number of carbonyl (C=O) groups excluding carboxylic acids is 2. The van der Waals surface area contributed by atoms with Crippen molar-refractivity contribution in [2.24, 2.45) is 5.92 Å². The van der Waals surface area contributed by atoms with Crippen LogP contribution in [-0.2, 0) is 11.2 Å². The predicted octanol–water partition coefficient (Wildman–Crippen LogP) is 2.29. The van der Waals surface area contributed by atoms with Crippen molar-refractivity contribution < 1.29 is 18.8 Å². The van der Waals surface area contributed by atoms with E-state index in [9.17, 15) is 9.59 Å². The number of pyridine rings is 1. The lowest BCUT2D eigenvalue weighted by atomic mass is 9.97. The molecule has 156 valence electrons. The molecule has 0 aromatic carbocycles. The highest BCUT2D eigenvalue weighted by molar-refractivity contribution is 5.92. The van der Waals surface area contributed by atoms with Crippen molar-refractivity contribution in [1.29, 1.82) is 0 Å². The van der Waals surface area contributed by atoms with Gasteiger partial charge in [0.05, 0.1) is 12.2 Å². The van der Waals surface area contributed by atoms with E-state index in [0.29, 0.717) is 24.4 Å². The first kappa shape index (κ1) is 20.8. The maximum atomic E-state index is 13.0. The van der Waals surface area contributed by atoms with Crippen LogP contribution < -0.4 is 10.1 Å². The van der Waals surface area contributed by atoms with Gasteiger partial charge in [0, 0.05) is 37.3 Å². The van der Waals surface area contributed by atoms with Gasteiger partial charge in [-0.2, -0.15) is 0 Å². The Morgan fingerprint density at radius 1 is 1.41 bits per heavy atom. The predicted molar refractivity (Wildman–Crippen MR) is 107 cm³/mol. The number of hydrogen-bond acceptors (Lipinski definition) is 6. The quantitative estimate of drug-likeness (QED) is 0.799. The molecule has 8 nitrogen and oxygen atoms in total. The molecule has 1 fully saturated rings. The fraction of sp³-hybridized carbons (Fsp3) is 0.524. The zero-order chi connectivity index (χ0) is 21.0. The molecule has 0 saturated carbocycles. The fourth-order valence-corrected chi connectivity index (χ4v) is 3.66. The van der Waals surface area contributed by atoms with E-state index in [1.807, 2.05) is 25.7 Å². The molecule has 2 aromatic heterocycles. The Balaban J connectivity index is 1.61. The molecule has 1 N–H and O–H groups in total. The normalized spacial score (nSPS) is 17.7. The first-order chi connectivity index (χ1) is 13.9. The summed E-state index contributed by atoms with van der Waals surface area (Å²) in [7, 11) is 1.56. The number of likely N-dealkylation sites (tertiary alicyclic amines) is 1. The van der Waals surface area contributed by atoms with Crippen LogP contribution in [0.2, 0.25) is 0 Å². The van der Waals surface area contributed by atoms with E-state index >= 15 is 0 Å². The number of nitrogens with one attached hydrogen (secondary N) is 1. The van der Waals surface area contributed by atoms with E-state index in [4.69, 9.17) is 9.26 Å². The van der Waals surface area contributed by atoms with Gasteiger partial charge in [0.1, 0.15) is 23.3 Å². The molecule has 1 saturated heterocycles. The van der Waals surface area contributed by atoms with Crippen molar-refractivity contribution >= 4 is 11.8 Å². The van der Waals surface area contributed by atoms with Gasteiger partial charge in [-0.25, -0.2) is 0 Å². The molecule has 29 heavy (non-hydrogen) atoms. The van der Waals surface area contributed by atoms with E-state index in [2.05, 4.69) is 15.5 Å². The summed E-state index contributed by atoms with van der Waals surface area (Å²) in [5, 5.41) is 6.52. The van der Waals surface area contributed by atoms with Crippen LogP contribution in [-0.4, -0.2) is 53.1 Å². The van der Waals surface area contributed by atoms with Crippen LogP contribution in [0.4, 0.5) is 0 Å². The van der Waals surface area contributed by atoms with E-state index < -0.39 is 0 Å². The van der Waals surface area contributed by atoms with Gasteiger partial charge in [0.25, 0.3) is 5.91 Å². The second kappa shape index (κ2) is 9.07. The average Bonchev–Trinajstić information content (AvgIpc) is 3.05. The van der Waals surface area contributed by atoms with Gasteiger partial charge < -0.3 is 19.5 Å². The Hall–Kier alpha value is -2.90. The molecule has 0 aliphatic carbocycles. The molecule has 0 bridgehead atoms. The summed E-state index contributed by atoms with van der Waals surface area (Å²) in [5.41, 5.74) is 2.16. The van der Waals surface area contributed by atoms with Gasteiger partial charge >= 0.3 is 0 Å². The topological polar surface area (TPSA) is 97.6 Å². The number of ether oxygens (including phenoxy) is 1. The van der Waals surface area contributed by atoms with E-state index in [1.165, 1.54) is 0 Å². The van der Waals surface area contributed by atoms with Crippen molar-refractivity contribution in [3.05, 3.63) is 41.0 Å². The smallest absolute Gasteiger partial charge is 0.269 e. The van der Waals surface area contributed by atoms with E-state index in [-0.39, 0.29) is 23.8 Å². The highest BCUT2D eigenvalue weighted by atomic mass is 16.5. The Morgan fingerprint density at radius 3 is 2.90 bits per heavy atom. The number of aromatic nitrogens is 2. The van der Waals surface area contributed by atoms with Crippen LogP contribution in [0.1, 0.15) is 47.3 Å². The number of aryl methyl sites for hydroxylation is 2. The largest absolute Gasteiger partial charge is 0.488 e. The van der Waals surface area contributed by atoms with E-state index in [1.54, 1.807) is 25.4 Å². The number of rotatable bonds is 6. The number of piperidine rings is 1. The number of hydrogen-bond donors (Lipinski definition) is 1. The summed E-state index contributed by atoms with van der Waals surface area (Å²) in [4.78, 5) is 30.7. The summed E-state index contributed by atoms with van der Waals surface area (Å²) in [6.45, 7) is 6.97. The van der Waals surface area contributed by atoms with Crippen LogP contribution in [0.3, 0.4) is 0 Å². The number of carbonyl (C=O) groups is 2. The second-order valence-corrected chi connectivity index (χ2v) is 7.53. The van der Waals surface area contributed by atoms with Crippen molar-refractivity contribution in [3.8, 4) is 5.75 Å². The highest BCUT2D eigenvalue weighted by Crippen LogP contribution is 2.22. The maximum Gasteiger partial charge on any atom is 0.269 e. The lowest BCUT2D eigenvalue weighted by Gasteiger charge is -2.34. The molecule has 1 aliphatic heterocycles. The molecule has 0 unspecified atom stereocenters. The standard InChI is InChI=1S/C21H28N4O4/c1-13(10-18-14(2)24-29-15(18)3)21(27)25-9-5-6-17(12-25)28-16-7-8-23-19(11-16)20(26)22-4/h7-8,11,13,17H,5-6,9-10,12H2,1-4H3,(H,22,26)/t13-,17-/m1/s1. The third-order valence-corrected chi connectivity index (χ3v) is 5.30. The minimum absolute atomic E-state index is 0.110. The minimum Gasteiger partial charge on any atom is -0.488 e. The maximum absolute atomic E-state index is 13.0. The van der Waals surface area contributed by atoms with Crippen LogP contribution in [0.25, 0.3) is 0 Å². The van der Waals surface area contributed by atoms with Crippen molar-refractivity contribution in [2.45, 2.75) is 46.1 Å².